The van der Waals surface area contributed by atoms with Gasteiger partial charge in [-0.05, 0) is 24.6 Å². The Morgan fingerprint density at radius 1 is 1.44 bits per heavy atom. The van der Waals surface area contributed by atoms with Crippen LogP contribution in [0.4, 0.5) is 15.9 Å². The highest BCUT2D eigenvalue weighted by Gasteiger charge is 2.13. The van der Waals surface area contributed by atoms with Crippen LogP contribution < -0.4 is 11.1 Å². The number of pyridine rings is 2. The molecule has 0 radical (unpaired) electrons. The van der Waals surface area contributed by atoms with Gasteiger partial charge in [0, 0.05) is 18.1 Å². The Bertz CT molecular complexity index is 600. The number of nitrogens with zero attached hydrogens (tertiary/aromatic N) is 2. The topological polar surface area (TPSA) is 80.9 Å². The number of anilines is 2. The highest BCUT2D eigenvalue weighted by atomic mass is 19.1. The fraction of sp³-hybridized carbons (Fsp3) is 0.0833. The number of rotatable bonds is 2. The molecule has 0 saturated heterocycles. The third-order valence-corrected chi connectivity index (χ3v) is 2.40. The number of nitrogen functional groups attached to an aromatic ring is 1. The first-order valence-electron chi connectivity index (χ1n) is 5.21. The molecule has 5 nitrogen and oxygen atoms in total. The largest absolute Gasteiger partial charge is 0.383 e. The van der Waals surface area contributed by atoms with E-state index in [0.717, 1.165) is 17.8 Å². The van der Waals surface area contributed by atoms with Gasteiger partial charge in [-0.25, -0.2) is 9.37 Å². The summed E-state index contributed by atoms with van der Waals surface area (Å²) in [6.07, 6.45) is 4.13. The Morgan fingerprint density at radius 2 is 2.22 bits per heavy atom. The van der Waals surface area contributed by atoms with Gasteiger partial charge in [-0.2, -0.15) is 0 Å². The van der Waals surface area contributed by atoms with Gasteiger partial charge in [0.2, 0.25) is 0 Å². The molecule has 6 heteroatoms. The lowest BCUT2D eigenvalue weighted by Crippen LogP contribution is -2.16. The molecule has 0 bridgehead atoms. The van der Waals surface area contributed by atoms with Gasteiger partial charge in [-0.1, -0.05) is 0 Å². The first-order chi connectivity index (χ1) is 8.58. The molecule has 0 saturated carbocycles. The van der Waals surface area contributed by atoms with Crippen LogP contribution in [0.2, 0.25) is 0 Å². The summed E-state index contributed by atoms with van der Waals surface area (Å²) in [5.41, 5.74) is 6.93. The molecule has 0 atom stereocenters. The molecule has 92 valence electrons. The number of aryl methyl sites for hydroxylation is 1. The summed E-state index contributed by atoms with van der Waals surface area (Å²) < 4.78 is 13.0. The van der Waals surface area contributed by atoms with E-state index in [4.69, 9.17) is 5.73 Å². The van der Waals surface area contributed by atoms with E-state index in [0.29, 0.717) is 5.69 Å². The van der Waals surface area contributed by atoms with E-state index in [1.54, 1.807) is 25.4 Å². The molecule has 2 heterocycles. The van der Waals surface area contributed by atoms with Crippen molar-refractivity contribution in [3.8, 4) is 0 Å². The first kappa shape index (κ1) is 12.0. The normalized spacial score (nSPS) is 10.1. The fourth-order valence-corrected chi connectivity index (χ4v) is 1.44. The predicted octanol–water partition coefficient (Wildman–Crippen LogP) is 1.76. The number of aromatic nitrogens is 2. The molecule has 0 aliphatic rings. The number of nitrogens with one attached hydrogen (secondary N) is 1. The molecule has 0 aromatic carbocycles. The van der Waals surface area contributed by atoms with Gasteiger partial charge in [0.25, 0.3) is 5.91 Å². The summed E-state index contributed by atoms with van der Waals surface area (Å²) in [6.45, 7) is 1.80. The quantitative estimate of drug-likeness (QED) is 0.846. The maximum absolute atomic E-state index is 13.0. The number of nitrogens with two attached hydrogens (primary N) is 1. The minimum atomic E-state index is -0.610. The predicted molar refractivity (Wildman–Crippen MR) is 65.5 cm³/mol. The summed E-state index contributed by atoms with van der Waals surface area (Å²) in [5, 5.41) is 2.63. The Morgan fingerprint density at radius 3 is 2.94 bits per heavy atom. The number of amides is 1. The lowest BCUT2D eigenvalue weighted by Gasteiger charge is -2.08. The minimum absolute atomic E-state index is 0.00575. The summed E-state index contributed by atoms with van der Waals surface area (Å²) in [6, 6.07) is 2.70. The zero-order chi connectivity index (χ0) is 13.1. The van der Waals surface area contributed by atoms with E-state index < -0.39 is 11.7 Å². The molecule has 2 aromatic heterocycles. The second kappa shape index (κ2) is 4.79. The number of carbonyl (C=O) groups excluding carboxylic acids is 1. The highest BCUT2D eigenvalue weighted by molar-refractivity contribution is 6.07. The highest BCUT2D eigenvalue weighted by Crippen LogP contribution is 2.16. The number of hydrogen-bond acceptors (Lipinski definition) is 4. The molecule has 18 heavy (non-hydrogen) atoms. The monoisotopic (exact) mass is 246 g/mol. The molecule has 0 fully saturated rings. The third kappa shape index (κ3) is 2.42. The summed E-state index contributed by atoms with van der Waals surface area (Å²) in [7, 11) is 0. The Balaban J connectivity index is 2.28. The van der Waals surface area contributed by atoms with E-state index in [9.17, 15) is 9.18 Å². The minimum Gasteiger partial charge on any atom is -0.383 e. The van der Waals surface area contributed by atoms with Crippen molar-refractivity contribution in [3.63, 3.8) is 0 Å². The van der Waals surface area contributed by atoms with Gasteiger partial charge in [0.15, 0.2) is 0 Å². The van der Waals surface area contributed by atoms with Crippen LogP contribution in [-0.2, 0) is 0 Å². The van der Waals surface area contributed by atoms with Crippen LogP contribution in [0.1, 0.15) is 15.9 Å². The van der Waals surface area contributed by atoms with Crippen LogP contribution in [0.25, 0.3) is 0 Å². The summed E-state index contributed by atoms with van der Waals surface area (Å²) in [5.74, 6) is -1.13. The maximum Gasteiger partial charge on any atom is 0.259 e. The molecule has 3 N–H and O–H groups in total. The lowest BCUT2D eigenvalue weighted by atomic mass is 10.2. The van der Waals surface area contributed by atoms with Crippen LogP contribution in [0, 0.1) is 12.7 Å². The van der Waals surface area contributed by atoms with Crippen LogP contribution in [0.5, 0.6) is 0 Å². The van der Waals surface area contributed by atoms with E-state index in [1.165, 1.54) is 0 Å². The Kier molecular flexibility index (Phi) is 3.18. The van der Waals surface area contributed by atoms with E-state index in [2.05, 4.69) is 15.3 Å². The molecule has 0 aliphatic heterocycles. The van der Waals surface area contributed by atoms with Crippen LogP contribution in [0.3, 0.4) is 0 Å². The molecule has 0 spiro atoms. The molecular formula is C12H11FN4O. The summed E-state index contributed by atoms with van der Waals surface area (Å²) >= 11 is 0. The maximum atomic E-state index is 13.0. The SMILES string of the molecule is Cc1cnccc1NC(=O)c1cc(F)cnc1N. The molecule has 1 amide bonds. The first-order valence-corrected chi connectivity index (χ1v) is 5.21. The van der Waals surface area contributed by atoms with Crippen molar-refractivity contribution in [3.05, 3.63) is 47.7 Å². The van der Waals surface area contributed by atoms with Gasteiger partial charge >= 0.3 is 0 Å². The van der Waals surface area contributed by atoms with Gasteiger partial charge < -0.3 is 11.1 Å². The molecule has 0 aliphatic carbocycles. The third-order valence-electron chi connectivity index (χ3n) is 2.40. The van der Waals surface area contributed by atoms with Crippen molar-refractivity contribution in [1.29, 1.82) is 0 Å². The average Bonchev–Trinajstić information content (AvgIpc) is 2.35. The number of halogens is 1. The van der Waals surface area contributed by atoms with E-state index >= 15 is 0 Å². The summed E-state index contributed by atoms with van der Waals surface area (Å²) in [4.78, 5) is 19.4. The van der Waals surface area contributed by atoms with Gasteiger partial charge in [-0.3, -0.25) is 9.78 Å². The van der Waals surface area contributed by atoms with E-state index in [-0.39, 0.29) is 11.4 Å². The molecular weight excluding hydrogens is 235 g/mol. The zero-order valence-electron chi connectivity index (χ0n) is 9.64. The van der Waals surface area contributed by atoms with Crippen LogP contribution >= 0.6 is 0 Å². The number of carbonyl (C=O) groups is 1. The lowest BCUT2D eigenvalue weighted by molar-refractivity contribution is 0.102. The van der Waals surface area contributed by atoms with Gasteiger partial charge in [0.05, 0.1) is 11.8 Å². The Hall–Kier alpha value is -2.50. The van der Waals surface area contributed by atoms with Crippen molar-refractivity contribution in [1.82, 2.24) is 9.97 Å². The zero-order valence-corrected chi connectivity index (χ0v) is 9.64. The average molecular weight is 246 g/mol. The van der Waals surface area contributed by atoms with Crippen molar-refractivity contribution >= 4 is 17.4 Å². The van der Waals surface area contributed by atoms with Crippen molar-refractivity contribution in [2.75, 3.05) is 11.1 Å². The molecule has 2 rings (SSSR count). The van der Waals surface area contributed by atoms with Crippen molar-refractivity contribution in [2.24, 2.45) is 0 Å². The van der Waals surface area contributed by atoms with Crippen LogP contribution in [0.15, 0.2) is 30.7 Å². The van der Waals surface area contributed by atoms with Crippen molar-refractivity contribution < 1.29 is 9.18 Å². The molecule has 2 aromatic rings. The Labute approximate surface area is 103 Å². The molecule has 0 unspecified atom stereocenters. The van der Waals surface area contributed by atoms with Crippen molar-refractivity contribution in [2.45, 2.75) is 6.92 Å². The standard InChI is InChI=1S/C12H11FN4O/c1-7-5-15-3-2-10(7)17-12(18)9-4-8(13)6-16-11(9)14/h2-6H,1H3,(H2,14,16)(H,15,17,18). The second-order valence-corrected chi connectivity index (χ2v) is 3.73. The smallest absolute Gasteiger partial charge is 0.259 e. The van der Waals surface area contributed by atoms with Gasteiger partial charge in [-0.15, -0.1) is 0 Å². The second-order valence-electron chi connectivity index (χ2n) is 3.73. The van der Waals surface area contributed by atoms with Gasteiger partial charge in [0.1, 0.15) is 11.6 Å². The van der Waals surface area contributed by atoms with E-state index in [1.807, 2.05) is 0 Å². The fourth-order valence-electron chi connectivity index (χ4n) is 1.44. The number of hydrogen-bond donors (Lipinski definition) is 2. The van der Waals surface area contributed by atoms with Crippen LogP contribution in [-0.4, -0.2) is 15.9 Å².